The van der Waals surface area contributed by atoms with Gasteiger partial charge in [0.15, 0.2) is 5.82 Å². The van der Waals surface area contributed by atoms with Gasteiger partial charge in [-0.15, -0.1) is 0 Å². The maximum Gasteiger partial charge on any atom is 0.255 e. The minimum absolute atomic E-state index is 0.0227. The van der Waals surface area contributed by atoms with Crippen molar-refractivity contribution in [3.05, 3.63) is 71.4 Å². The molecule has 150 valence electrons. The number of rotatable bonds is 6. The average Bonchev–Trinajstić information content (AvgIpc) is 3.39. The topological polar surface area (TPSA) is 81.4 Å². The van der Waals surface area contributed by atoms with E-state index < -0.39 is 0 Å². The van der Waals surface area contributed by atoms with Gasteiger partial charge in [-0.25, -0.2) is 4.39 Å². The first kappa shape index (κ1) is 19.0. The zero-order chi connectivity index (χ0) is 20.2. The first-order valence-corrected chi connectivity index (χ1v) is 9.51. The molecule has 7 nitrogen and oxygen atoms in total. The molecule has 1 aliphatic rings. The van der Waals surface area contributed by atoms with Crippen LogP contribution in [0.4, 0.5) is 4.39 Å². The fourth-order valence-corrected chi connectivity index (χ4v) is 3.33. The Morgan fingerprint density at radius 2 is 2.14 bits per heavy atom. The predicted molar refractivity (Wildman–Crippen MR) is 102 cm³/mol. The lowest BCUT2D eigenvalue weighted by atomic mass is 10.1. The molecule has 3 aromatic rings. The summed E-state index contributed by atoms with van der Waals surface area (Å²) in [6, 6.07) is 7.68. The van der Waals surface area contributed by atoms with E-state index in [-0.39, 0.29) is 17.6 Å². The number of carbonyl (C=O) groups excluding carboxylic acids is 1. The van der Waals surface area contributed by atoms with Gasteiger partial charge in [-0.05, 0) is 49.2 Å². The van der Waals surface area contributed by atoms with Crippen molar-refractivity contribution in [1.82, 2.24) is 20.0 Å². The second-order valence-corrected chi connectivity index (χ2v) is 7.03. The van der Waals surface area contributed by atoms with Crippen LogP contribution in [0.1, 0.15) is 40.0 Å². The summed E-state index contributed by atoms with van der Waals surface area (Å²) in [4.78, 5) is 23.0. The van der Waals surface area contributed by atoms with E-state index in [1.807, 2.05) is 13.0 Å². The number of likely N-dealkylation sites (tertiary alicyclic amines) is 1. The summed E-state index contributed by atoms with van der Waals surface area (Å²) < 4.78 is 23.9. The Balaban J connectivity index is 1.31. The van der Waals surface area contributed by atoms with Crippen LogP contribution in [-0.4, -0.2) is 45.6 Å². The SMILES string of the molecule is Cc1ccncc1C(=O)N1CCC(c2nc(CCOc3ccc(F)cc3)no2)C1. The fraction of sp³-hybridized carbons (Fsp3) is 0.333. The molecule has 8 heteroatoms. The molecule has 0 radical (unpaired) electrons. The Labute approximate surface area is 167 Å². The summed E-state index contributed by atoms with van der Waals surface area (Å²) in [5.74, 6) is 1.38. The van der Waals surface area contributed by atoms with Gasteiger partial charge in [0.25, 0.3) is 5.91 Å². The van der Waals surface area contributed by atoms with Crippen LogP contribution in [-0.2, 0) is 6.42 Å². The number of hydrogen-bond donors (Lipinski definition) is 0. The Bertz CT molecular complexity index is 990. The van der Waals surface area contributed by atoms with Crippen LogP contribution >= 0.6 is 0 Å². The zero-order valence-electron chi connectivity index (χ0n) is 16.0. The number of aryl methyl sites for hydroxylation is 1. The minimum atomic E-state index is -0.303. The van der Waals surface area contributed by atoms with Gasteiger partial charge in [0.1, 0.15) is 11.6 Å². The van der Waals surface area contributed by atoms with Crippen molar-refractivity contribution in [3.63, 3.8) is 0 Å². The molecule has 1 aliphatic heterocycles. The van der Waals surface area contributed by atoms with Crippen molar-refractivity contribution in [1.29, 1.82) is 0 Å². The second kappa shape index (κ2) is 8.38. The molecule has 4 rings (SSSR count). The molecule has 1 aromatic carbocycles. The van der Waals surface area contributed by atoms with Crippen molar-refractivity contribution in [2.24, 2.45) is 0 Å². The van der Waals surface area contributed by atoms with Crippen LogP contribution < -0.4 is 4.74 Å². The van der Waals surface area contributed by atoms with Gasteiger partial charge < -0.3 is 14.2 Å². The Kier molecular flexibility index (Phi) is 5.50. The number of nitrogens with zero attached hydrogens (tertiary/aromatic N) is 4. The molecule has 0 aliphatic carbocycles. The molecule has 0 saturated carbocycles. The number of hydrogen-bond acceptors (Lipinski definition) is 6. The van der Waals surface area contributed by atoms with Crippen LogP contribution in [0.5, 0.6) is 5.75 Å². The summed E-state index contributed by atoms with van der Waals surface area (Å²) >= 11 is 0. The Hall–Kier alpha value is -3.29. The summed E-state index contributed by atoms with van der Waals surface area (Å²) in [7, 11) is 0. The van der Waals surface area contributed by atoms with E-state index >= 15 is 0 Å². The first-order valence-electron chi connectivity index (χ1n) is 9.51. The van der Waals surface area contributed by atoms with Gasteiger partial charge >= 0.3 is 0 Å². The lowest BCUT2D eigenvalue weighted by Gasteiger charge is -2.16. The molecule has 0 spiro atoms. The molecular formula is C21H21FN4O3. The monoisotopic (exact) mass is 396 g/mol. The summed E-state index contributed by atoms with van der Waals surface area (Å²) in [6.45, 7) is 3.45. The van der Waals surface area contributed by atoms with Crippen LogP contribution in [0.25, 0.3) is 0 Å². The van der Waals surface area contributed by atoms with E-state index in [9.17, 15) is 9.18 Å². The molecule has 3 heterocycles. The molecule has 1 atom stereocenters. The van der Waals surface area contributed by atoms with Crippen molar-refractivity contribution in [2.45, 2.75) is 25.7 Å². The number of benzene rings is 1. The standard InChI is InChI=1S/C21H21FN4O3/c1-14-6-9-23-12-18(14)21(27)26-10-7-15(13-26)20-24-19(25-29-20)8-11-28-17-4-2-16(22)3-5-17/h2-6,9,12,15H,7-8,10-11,13H2,1H3. The number of pyridine rings is 1. The minimum Gasteiger partial charge on any atom is -0.493 e. The molecule has 2 aromatic heterocycles. The zero-order valence-corrected chi connectivity index (χ0v) is 16.0. The smallest absolute Gasteiger partial charge is 0.255 e. The van der Waals surface area contributed by atoms with Gasteiger partial charge in [0.2, 0.25) is 5.89 Å². The van der Waals surface area contributed by atoms with Gasteiger partial charge in [-0.3, -0.25) is 9.78 Å². The number of carbonyl (C=O) groups is 1. The molecule has 0 bridgehead atoms. The largest absolute Gasteiger partial charge is 0.493 e. The van der Waals surface area contributed by atoms with E-state index in [2.05, 4.69) is 15.1 Å². The van der Waals surface area contributed by atoms with E-state index in [0.29, 0.717) is 49.1 Å². The van der Waals surface area contributed by atoms with Gasteiger partial charge in [0, 0.05) is 31.9 Å². The lowest BCUT2D eigenvalue weighted by molar-refractivity contribution is 0.0788. The van der Waals surface area contributed by atoms with Gasteiger partial charge in [0.05, 0.1) is 18.1 Å². The van der Waals surface area contributed by atoms with Crippen molar-refractivity contribution in [2.75, 3.05) is 19.7 Å². The summed E-state index contributed by atoms with van der Waals surface area (Å²) in [5.41, 5.74) is 1.53. The van der Waals surface area contributed by atoms with Crippen molar-refractivity contribution >= 4 is 5.91 Å². The highest BCUT2D eigenvalue weighted by atomic mass is 19.1. The third-order valence-corrected chi connectivity index (χ3v) is 4.99. The first-order chi connectivity index (χ1) is 14.1. The number of ether oxygens (including phenoxy) is 1. The molecule has 0 N–H and O–H groups in total. The average molecular weight is 396 g/mol. The van der Waals surface area contributed by atoms with Crippen LogP contribution in [0, 0.1) is 12.7 Å². The fourth-order valence-electron chi connectivity index (χ4n) is 3.33. The quantitative estimate of drug-likeness (QED) is 0.637. The highest BCUT2D eigenvalue weighted by molar-refractivity contribution is 5.95. The molecule has 1 fully saturated rings. The van der Waals surface area contributed by atoms with Gasteiger partial charge in [-0.1, -0.05) is 5.16 Å². The van der Waals surface area contributed by atoms with E-state index in [1.54, 1.807) is 29.4 Å². The number of amides is 1. The number of aromatic nitrogens is 3. The summed E-state index contributed by atoms with van der Waals surface area (Å²) in [6.07, 6.45) is 4.54. The molecular weight excluding hydrogens is 375 g/mol. The predicted octanol–water partition coefficient (Wildman–Crippen LogP) is 3.16. The molecule has 1 amide bonds. The Morgan fingerprint density at radius 1 is 1.31 bits per heavy atom. The number of halogens is 1. The van der Waals surface area contributed by atoms with E-state index in [4.69, 9.17) is 9.26 Å². The normalized spacial score (nSPS) is 16.2. The Morgan fingerprint density at radius 3 is 2.93 bits per heavy atom. The molecule has 1 saturated heterocycles. The lowest BCUT2D eigenvalue weighted by Crippen LogP contribution is -2.29. The molecule has 29 heavy (non-hydrogen) atoms. The highest BCUT2D eigenvalue weighted by Crippen LogP contribution is 2.27. The van der Waals surface area contributed by atoms with Crippen molar-refractivity contribution < 1.29 is 18.4 Å². The van der Waals surface area contributed by atoms with Crippen molar-refractivity contribution in [3.8, 4) is 5.75 Å². The van der Waals surface area contributed by atoms with Crippen LogP contribution in [0.3, 0.4) is 0 Å². The van der Waals surface area contributed by atoms with E-state index in [1.165, 1.54) is 12.1 Å². The molecule has 1 unspecified atom stereocenters. The van der Waals surface area contributed by atoms with Crippen LogP contribution in [0.2, 0.25) is 0 Å². The highest BCUT2D eigenvalue weighted by Gasteiger charge is 2.32. The third-order valence-electron chi connectivity index (χ3n) is 4.99. The summed E-state index contributed by atoms with van der Waals surface area (Å²) in [5, 5.41) is 4.01. The maximum absolute atomic E-state index is 12.9. The van der Waals surface area contributed by atoms with Crippen LogP contribution in [0.15, 0.2) is 47.2 Å². The van der Waals surface area contributed by atoms with Gasteiger partial charge in [-0.2, -0.15) is 4.98 Å². The second-order valence-electron chi connectivity index (χ2n) is 7.03. The maximum atomic E-state index is 12.9. The van der Waals surface area contributed by atoms with E-state index in [0.717, 1.165) is 12.0 Å². The third kappa shape index (κ3) is 4.42.